The lowest BCUT2D eigenvalue weighted by Crippen LogP contribution is -2.35. The van der Waals surface area contributed by atoms with Crippen LogP contribution in [0.2, 0.25) is 5.02 Å². The fourth-order valence-electron chi connectivity index (χ4n) is 5.45. The Hall–Kier alpha value is -4.62. The van der Waals surface area contributed by atoms with Crippen molar-refractivity contribution in [3.05, 3.63) is 124 Å². The Balaban J connectivity index is 1.84. The first-order valence-corrected chi connectivity index (χ1v) is 14.2. The number of hydrogen-bond acceptors (Lipinski definition) is 6. The number of nitrogens with zero attached hydrogens (tertiary/aromatic N) is 3. The maximum absolute atomic E-state index is 13.9. The summed E-state index contributed by atoms with van der Waals surface area (Å²) in [6.07, 6.45) is 1.89. The summed E-state index contributed by atoms with van der Waals surface area (Å²) in [5.74, 6) is -1.85. The van der Waals surface area contributed by atoms with Crippen molar-refractivity contribution in [2.24, 2.45) is 0 Å². The van der Waals surface area contributed by atoms with Gasteiger partial charge in [0.05, 0.1) is 41.7 Å². The standard InChI is InChI=1S/C34H32ClN3O4/c1-5-41-33(39)29-22(3)38(27-19-13-16-25(35)20-27)23(4)30(34(40)42-6-2)31(29)28-21-37(26-17-11-8-12-18-26)36-32(28)24-14-9-7-10-15-24/h7-21,31H,5-6H2,1-4H3. The Kier molecular flexibility index (Phi) is 8.59. The van der Waals surface area contributed by atoms with Gasteiger partial charge in [0, 0.05) is 39.4 Å². The van der Waals surface area contributed by atoms with Crippen LogP contribution < -0.4 is 4.90 Å². The molecule has 7 nitrogen and oxygen atoms in total. The van der Waals surface area contributed by atoms with Crippen LogP contribution in [-0.4, -0.2) is 34.9 Å². The van der Waals surface area contributed by atoms with Crippen LogP contribution in [0, 0.1) is 0 Å². The third kappa shape index (κ3) is 5.48. The molecule has 1 aliphatic rings. The van der Waals surface area contributed by atoms with Gasteiger partial charge in [-0.05, 0) is 58.0 Å². The molecular formula is C34H32ClN3O4. The molecule has 0 aliphatic carbocycles. The molecule has 42 heavy (non-hydrogen) atoms. The average Bonchev–Trinajstić information content (AvgIpc) is 3.43. The first-order valence-electron chi connectivity index (χ1n) is 13.9. The molecule has 0 unspecified atom stereocenters. The Labute approximate surface area is 250 Å². The molecule has 1 aliphatic heterocycles. The summed E-state index contributed by atoms with van der Waals surface area (Å²) in [6.45, 7) is 7.58. The smallest absolute Gasteiger partial charge is 0.336 e. The summed E-state index contributed by atoms with van der Waals surface area (Å²) in [5.41, 5.74) is 5.63. The van der Waals surface area contributed by atoms with Gasteiger partial charge in [0.15, 0.2) is 0 Å². The predicted molar refractivity (Wildman–Crippen MR) is 164 cm³/mol. The van der Waals surface area contributed by atoms with Crippen LogP contribution >= 0.6 is 11.6 Å². The highest BCUT2D eigenvalue weighted by atomic mass is 35.5. The monoisotopic (exact) mass is 581 g/mol. The van der Waals surface area contributed by atoms with Crippen LogP contribution in [0.3, 0.4) is 0 Å². The zero-order valence-corrected chi connectivity index (χ0v) is 24.8. The normalized spacial score (nSPS) is 13.9. The molecule has 0 saturated carbocycles. The predicted octanol–water partition coefficient (Wildman–Crippen LogP) is 7.47. The number of ether oxygens (including phenoxy) is 2. The summed E-state index contributed by atoms with van der Waals surface area (Å²) in [6, 6.07) is 26.7. The molecule has 4 aromatic rings. The summed E-state index contributed by atoms with van der Waals surface area (Å²) in [5, 5.41) is 5.51. The molecule has 0 atom stereocenters. The van der Waals surface area contributed by atoms with E-state index in [1.54, 1.807) is 30.7 Å². The molecule has 214 valence electrons. The molecule has 0 bridgehead atoms. The van der Waals surface area contributed by atoms with E-state index >= 15 is 0 Å². The van der Waals surface area contributed by atoms with E-state index in [4.69, 9.17) is 26.2 Å². The van der Waals surface area contributed by atoms with Crippen molar-refractivity contribution in [3.63, 3.8) is 0 Å². The number of rotatable bonds is 8. The fraction of sp³-hybridized carbons (Fsp3) is 0.206. The third-order valence-electron chi connectivity index (χ3n) is 7.21. The average molecular weight is 582 g/mol. The van der Waals surface area contributed by atoms with Gasteiger partial charge in [0.1, 0.15) is 0 Å². The van der Waals surface area contributed by atoms with E-state index in [9.17, 15) is 9.59 Å². The van der Waals surface area contributed by atoms with Gasteiger partial charge in [0.25, 0.3) is 0 Å². The summed E-state index contributed by atoms with van der Waals surface area (Å²) < 4.78 is 13.0. The van der Waals surface area contributed by atoms with Gasteiger partial charge in [0.2, 0.25) is 0 Å². The molecule has 1 aromatic heterocycles. The Morgan fingerprint density at radius 1 is 0.786 bits per heavy atom. The second kappa shape index (κ2) is 12.5. The van der Waals surface area contributed by atoms with E-state index in [0.717, 1.165) is 11.3 Å². The number of aromatic nitrogens is 2. The van der Waals surface area contributed by atoms with Crippen molar-refractivity contribution in [1.82, 2.24) is 9.78 Å². The molecule has 8 heteroatoms. The number of anilines is 1. The highest BCUT2D eigenvalue weighted by molar-refractivity contribution is 6.30. The molecule has 0 amide bonds. The first-order chi connectivity index (χ1) is 20.3. The van der Waals surface area contributed by atoms with Crippen LogP contribution in [0.5, 0.6) is 0 Å². The number of carbonyl (C=O) groups excluding carboxylic acids is 2. The van der Waals surface area contributed by atoms with Crippen LogP contribution in [0.15, 0.2) is 114 Å². The quantitative estimate of drug-likeness (QED) is 0.201. The van der Waals surface area contributed by atoms with E-state index in [1.165, 1.54) is 0 Å². The maximum Gasteiger partial charge on any atom is 0.336 e. The number of benzene rings is 3. The lowest BCUT2D eigenvalue weighted by atomic mass is 9.79. The van der Waals surface area contributed by atoms with E-state index in [2.05, 4.69) is 0 Å². The Morgan fingerprint density at radius 3 is 1.88 bits per heavy atom. The van der Waals surface area contributed by atoms with Crippen LogP contribution in [0.4, 0.5) is 5.69 Å². The third-order valence-corrected chi connectivity index (χ3v) is 7.44. The highest BCUT2D eigenvalue weighted by Gasteiger charge is 2.43. The summed E-state index contributed by atoms with van der Waals surface area (Å²) in [7, 11) is 0. The van der Waals surface area contributed by atoms with Gasteiger partial charge in [-0.2, -0.15) is 5.10 Å². The topological polar surface area (TPSA) is 73.7 Å². The van der Waals surface area contributed by atoms with E-state index in [0.29, 0.717) is 44.5 Å². The van der Waals surface area contributed by atoms with E-state index in [-0.39, 0.29) is 13.2 Å². The van der Waals surface area contributed by atoms with Crippen molar-refractivity contribution < 1.29 is 19.1 Å². The minimum Gasteiger partial charge on any atom is -0.463 e. The van der Waals surface area contributed by atoms with E-state index < -0.39 is 17.9 Å². The molecule has 3 aromatic carbocycles. The second-order valence-electron chi connectivity index (χ2n) is 9.77. The molecule has 5 rings (SSSR count). The Bertz CT molecular complexity index is 1630. The zero-order chi connectivity index (χ0) is 29.8. The molecular weight excluding hydrogens is 550 g/mol. The number of hydrogen-bond donors (Lipinski definition) is 0. The van der Waals surface area contributed by atoms with Crippen molar-refractivity contribution >= 4 is 29.2 Å². The van der Waals surface area contributed by atoms with Crippen molar-refractivity contribution in [3.8, 4) is 16.9 Å². The van der Waals surface area contributed by atoms with Crippen molar-refractivity contribution in [2.75, 3.05) is 18.1 Å². The number of carbonyl (C=O) groups is 2. The second-order valence-corrected chi connectivity index (χ2v) is 10.2. The molecule has 0 spiro atoms. The van der Waals surface area contributed by atoms with Gasteiger partial charge in [-0.3, -0.25) is 0 Å². The number of para-hydroxylation sites is 1. The highest BCUT2D eigenvalue weighted by Crippen LogP contribution is 2.47. The van der Waals surface area contributed by atoms with Gasteiger partial charge in [-0.1, -0.05) is 66.2 Å². The molecule has 0 radical (unpaired) electrons. The minimum absolute atomic E-state index is 0.172. The molecule has 2 heterocycles. The lowest BCUT2D eigenvalue weighted by molar-refractivity contribution is -0.139. The number of halogens is 1. The largest absolute Gasteiger partial charge is 0.463 e. The van der Waals surface area contributed by atoms with Gasteiger partial charge in [-0.15, -0.1) is 0 Å². The first kappa shape index (κ1) is 28.9. The summed E-state index contributed by atoms with van der Waals surface area (Å²) >= 11 is 6.38. The number of allylic oxidation sites excluding steroid dienone is 2. The van der Waals surface area contributed by atoms with Crippen LogP contribution in [-0.2, 0) is 19.1 Å². The number of esters is 2. The van der Waals surface area contributed by atoms with E-state index in [1.807, 2.05) is 97.7 Å². The maximum atomic E-state index is 13.9. The van der Waals surface area contributed by atoms with Gasteiger partial charge in [-0.25, -0.2) is 14.3 Å². The van der Waals surface area contributed by atoms with Crippen LogP contribution in [0.25, 0.3) is 16.9 Å². The fourth-order valence-corrected chi connectivity index (χ4v) is 5.63. The molecule has 0 saturated heterocycles. The van der Waals surface area contributed by atoms with Crippen LogP contribution in [0.1, 0.15) is 39.2 Å². The Morgan fingerprint density at radius 2 is 1.33 bits per heavy atom. The molecule has 0 fully saturated rings. The van der Waals surface area contributed by atoms with Gasteiger partial charge >= 0.3 is 11.9 Å². The summed E-state index contributed by atoms with van der Waals surface area (Å²) in [4.78, 5) is 29.6. The SMILES string of the molecule is CCOC(=O)C1=C(C)N(c2cccc(Cl)c2)C(C)=C(C(=O)OCC)C1c1cn(-c2ccccc2)nc1-c1ccccc1. The lowest BCUT2D eigenvalue weighted by Gasteiger charge is -2.37. The van der Waals surface area contributed by atoms with Gasteiger partial charge < -0.3 is 14.4 Å². The minimum atomic E-state index is -0.814. The zero-order valence-electron chi connectivity index (χ0n) is 24.0. The van der Waals surface area contributed by atoms with Crippen molar-refractivity contribution in [1.29, 1.82) is 0 Å². The molecule has 0 N–H and O–H groups in total. The van der Waals surface area contributed by atoms with Crippen molar-refractivity contribution in [2.45, 2.75) is 33.6 Å².